The number of nitro groups is 1. The van der Waals surface area contributed by atoms with E-state index in [1.54, 1.807) is 18.2 Å². The van der Waals surface area contributed by atoms with Gasteiger partial charge >= 0.3 is 0 Å². The molecule has 0 spiro atoms. The molecule has 0 unspecified atom stereocenters. The van der Waals surface area contributed by atoms with Crippen LogP contribution in [-0.2, 0) is 0 Å². The fourth-order valence-electron chi connectivity index (χ4n) is 2.80. The first-order chi connectivity index (χ1) is 13.5. The van der Waals surface area contributed by atoms with Crippen LogP contribution >= 0.6 is 22.9 Å². The standard InChI is InChI=1S/C20H12ClN3O3S/c21-16(10-12-6-8-14(9-7-12)24(26)27)18-22-19(25)17-15(11-28-20(17)23-18)13-4-2-1-3-5-13/h1-11H,(H,22,23,25)/b16-10-. The van der Waals surface area contributed by atoms with E-state index in [2.05, 4.69) is 9.97 Å². The lowest BCUT2D eigenvalue weighted by Gasteiger charge is -2.02. The average molecular weight is 410 g/mol. The number of nitro benzene ring substituents is 1. The van der Waals surface area contributed by atoms with E-state index in [4.69, 9.17) is 11.6 Å². The van der Waals surface area contributed by atoms with E-state index < -0.39 is 4.92 Å². The number of fused-ring (bicyclic) bond motifs is 1. The van der Waals surface area contributed by atoms with Gasteiger partial charge in [-0.1, -0.05) is 41.9 Å². The van der Waals surface area contributed by atoms with Crippen molar-refractivity contribution < 1.29 is 4.92 Å². The maximum atomic E-state index is 12.7. The molecule has 8 heteroatoms. The Hall–Kier alpha value is -3.29. The molecule has 2 heterocycles. The summed E-state index contributed by atoms with van der Waals surface area (Å²) in [6.45, 7) is 0. The molecule has 0 bridgehead atoms. The molecule has 0 aliphatic rings. The minimum atomic E-state index is -0.469. The third kappa shape index (κ3) is 3.45. The Labute approximate surface area is 167 Å². The van der Waals surface area contributed by atoms with Gasteiger partial charge in [0.15, 0.2) is 5.82 Å². The molecular weight excluding hydrogens is 398 g/mol. The summed E-state index contributed by atoms with van der Waals surface area (Å²) in [5, 5.41) is 13.4. The van der Waals surface area contributed by atoms with Crippen LogP contribution in [0.3, 0.4) is 0 Å². The molecule has 0 aliphatic heterocycles. The molecule has 0 radical (unpaired) electrons. The summed E-state index contributed by atoms with van der Waals surface area (Å²) in [7, 11) is 0. The first-order valence-electron chi connectivity index (χ1n) is 8.22. The second-order valence-corrected chi connectivity index (χ2v) is 7.22. The summed E-state index contributed by atoms with van der Waals surface area (Å²) in [6.07, 6.45) is 1.60. The summed E-state index contributed by atoms with van der Waals surface area (Å²) in [5.74, 6) is 0.249. The van der Waals surface area contributed by atoms with Crippen LogP contribution in [0.2, 0.25) is 0 Å². The molecule has 4 aromatic rings. The minimum Gasteiger partial charge on any atom is -0.305 e. The van der Waals surface area contributed by atoms with Crippen LogP contribution in [0, 0.1) is 10.1 Å². The van der Waals surface area contributed by atoms with Crippen molar-refractivity contribution in [3.8, 4) is 11.1 Å². The second kappa shape index (κ2) is 7.38. The van der Waals surface area contributed by atoms with Crippen LogP contribution in [0.4, 0.5) is 5.69 Å². The molecule has 4 rings (SSSR count). The molecule has 0 aliphatic carbocycles. The summed E-state index contributed by atoms with van der Waals surface area (Å²) < 4.78 is 0. The first-order valence-corrected chi connectivity index (χ1v) is 9.47. The highest BCUT2D eigenvalue weighted by molar-refractivity contribution is 7.17. The Bertz CT molecular complexity index is 1260. The van der Waals surface area contributed by atoms with Gasteiger partial charge in [0, 0.05) is 23.1 Å². The van der Waals surface area contributed by atoms with Gasteiger partial charge in [0.25, 0.3) is 11.2 Å². The molecule has 0 saturated carbocycles. The number of hydrogen-bond acceptors (Lipinski definition) is 5. The van der Waals surface area contributed by atoms with Crippen molar-refractivity contribution in [1.82, 2.24) is 9.97 Å². The highest BCUT2D eigenvalue weighted by Crippen LogP contribution is 2.31. The number of aromatic nitrogens is 2. The van der Waals surface area contributed by atoms with Crippen LogP contribution in [0.15, 0.2) is 64.8 Å². The number of aromatic amines is 1. The molecule has 0 atom stereocenters. The van der Waals surface area contributed by atoms with Gasteiger partial charge in [-0.05, 0) is 29.3 Å². The number of hydrogen-bond donors (Lipinski definition) is 1. The van der Waals surface area contributed by atoms with Gasteiger partial charge in [0.2, 0.25) is 0 Å². The summed E-state index contributed by atoms with van der Waals surface area (Å²) in [6, 6.07) is 15.6. The number of non-ortho nitro benzene ring substituents is 1. The fourth-order valence-corrected chi connectivity index (χ4v) is 3.96. The zero-order chi connectivity index (χ0) is 19.7. The van der Waals surface area contributed by atoms with Crippen molar-refractivity contribution in [2.24, 2.45) is 0 Å². The minimum absolute atomic E-state index is 0.00625. The number of thiophene rings is 1. The molecular formula is C20H12ClN3O3S. The smallest absolute Gasteiger partial charge is 0.269 e. The molecule has 2 aromatic heterocycles. The Morgan fingerprint density at radius 1 is 1.14 bits per heavy atom. The number of H-pyrrole nitrogens is 1. The molecule has 28 heavy (non-hydrogen) atoms. The predicted molar refractivity (Wildman–Crippen MR) is 112 cm³/mol. The lowest BCUT2D eigenvalue weighted by Crippen LogP contribution is -2.10. The first kappa shape index (κ1) is 18.1. The van der Waals surface area contributed by atoms with E-state index in [0.29, 0.717) is 15.8 Å². The number of halogens is 1. The Morgan fingerprint density at radius 2 is 1.86 bits per heavy atom. The Morgan fingerprint density at radius 3 is 2.54 bits per heavy atom. The lowest BCUT2D eigenvalue weighted by atomic mass is 10.1. The van der Waals surface area contributed by atoms with Crippen LogP contribution in [0.25, 0.3) is 32.5 Å². The van der Waals surface area contributed by atoms with Crippen LogP contribution in [0.1, 0.15) is 11.4 Å². The number of nitrogens with one attached hydrogen (secondary N) is 1. The highest BCUT2D eigenvalue weighted by atomic mass is 35.5. The summed E-state index contributed by atoms with van der Waals surface area (Å²) in [4.78, 5) is 30.7. The van der Waals surface area contributed by atoms with E-state index >= 15 is 0 Å². The number of rotatable bonds is 4. The topological polar surface area (TPSA) is 88.9 Å². The molecule has 6 nitrogen and oxygen atoms in total. The number of benzene rings is 2. The predicted octanol–water partition coefficient (Wildman–Crippen LogP) is 5.30. The van der Waals surface area contributed by atoms with Gasteiger partial charge in [-0.3, -0.25) is 14.9 Å². The highest BCUT2D eigenvalue weighted by Gasteiger charge is 2.14. The second-order valence-electron chi connectivity index (χ2n) is 5.95. The molecule has 2 aromatic carbocycles. The van der Waals surface area contributed by atoms with Crippen molar-refractivity contribution in [1.29, 1.82) is 0 Å². The largest absolute Gasteiger partial charge is 0.305 e. The maximum Gasteiger partial charge on any atom is 0.269 e. The Kier molecular flexibility index (Phi) is 4.77. The van der Waals surface area contributed by atoms with Crippen molar-refractivity contribution in [2.75, 3.05) is 0 Å². The van der Waals surface area contributed by atoms with E-state index in [1.165, 1.54) is 23.5 Å². The summed E-state index contributed by atoms with van der Waals surface area (Å²) in [5.41, 5.74) is 2.16. The van der Waals surface area contributed by atoms with Crippen molar-refractivity contribution >= 4 is 50.0 Å². The van der Waals surface area contributed by atoms with Gasteiger partial charge < -0.3 is 4.98 Å². The van der Waals surface area contributed by atoms with Crippen LogP contribution in [0.5, 0.6) is 0 Å². The van der Waals surface area contributed by atoms with Gasteiger partial charge in [0.1, 0.15) is 4.83 Å². The van der Waals surface area contributed by atoms with Gasteiger partial charge in [0.05, 0.1) is 15.3 Å². The number of nitrogens with zero attached hydrogens (tertiary/aromatic N) is 2. The van der Waals surface area contributed by atoms with E-state index in [0.717, 1.165) is 11.1 Å². The monoisotopic (exact) mass is 409 g/mol. The van der Waals surface area contributed by atoms with Crippen molar-refractivity contribution in [2.45, 2.75) is 0 Å². The van der Waals surface area contributed by atoms with Crippen molar-refractivity contribution in [3.63, 3.8) is 0 Å². The van der Waals surface area contributed by atoms with Gasteiger partial charge in [-0.2, -0.15) is 0 Å². The third-order valence-electron chi connectivity index (χ3n) is 4.15. The van der Waals surface area contributed by atoms with Crippen molar-refractivity contribution in [3.05, 3.63) is 91.8 Å². The lowest BCUT2D eigenvalue weighted by molar-refractivity contribution is -0.384. The fraction of sp³-hybridized carbons (Fsp3) is 0. The SMILES string of the molecule is O=c1[nH]c(/C(Cl)=C/c2ccc([N+](=O)[O-])cc2)nc2scc(-c3ccccc3)c12. The van der Waals surface area contributed by atoms with Gasteiger partial charge in [-0.25, -0.2) is 4.98 Å². The summed E-state index contributed by atoms with van der Waals surface area (Å²) >= 11 is 7.71. The molecule has 0 saturated heterocycles. The van der Waals surface area contributed by atoms with Crippen LogP contribution in [-0.4, -0.2) is 14.9 Å². The zero-order valence-electron chi connectivity index (χ0n) is 14.3. The van der Waals surface area contributed by atoms with E-state index in [9.17, 15) is 14.9 Å². The molecule has 138 valence electrons. The van der Waals surface area contributed by atoms with Gasteiger partial charge in [-0.15, -0.1) is 11.3 Å². The average Bonchev–Trinajstić information content (AvgIpc) is 3.14. The Balaban J connectivity index is 1.73. The third-order valence-corrected chi connectivity index (χ3v) is 5.31. The van der Waals surface area contributed by atoms with Crippen LogP contribution < -0.4 is 5.56 Å². The van der Waals surface area contributed by atoms with E-state index in [-0.39, 0.29) is 22.1 Å². The maximum absolute atomic E-state index is 12.7. The molecule has 1 N–H and O–H groups in total. The normalized spacial score (nSPS) is 11.7. The quantitative estimate of drug-likeness (QED) is 0.366. The molecule has 0 fully saturated rings. The molecule has 0 amide bonds. The van der Waals surface area contributed by atoms with E-state index in [1.807, 2.05) is 35.7 Å². The zero-order valence-corrected chi connectivity index (χ0v) is 15.8.